The summed E-state index contributed by atoms with van der Waals surface area (Å²) in [5, 5.41) is 3.00. The third kappa shape index (κ3) is 4.29. The molecule has 1 aromatic heterocycles. The van der Waals surface area contributed by atoms with Crippen molar-refractivity contribution < 1.29 is 4.79 Å². The molecule has 6 nitrogen and oxygen atoms in total. The summed E-state index contributed by atoms with van der Waals surface area (Å²) in [6, 6.07) is 9.11. The van der Waals surface area contributed by atoms with Crippen molar-refractivity contribution in [3.63, 3.8) is 0 Å². The summed E-state index contributed by atoms with van der Waals surface area (Å²) in [4.78, 5) is 22.9. The number of nitrogen functional groups attached to an aromatic ring is 1. The van der Waals surface area contributed by atoms with E-state index in [0.29, 0.717) is 23.6 Å². The molecule has 1 amide bonds. The molecule has 0 bridgehead atoms. The standard InChI is InChI=1S/C18H23N5O/c19-17-12-16(21-13-22-17)14-5-4-6-15(11-14)18(24)20-7-10-23-8-2-1-3-9-23/h4-6,11-13H,1-3,7-10H2,(H,20,24)(H2,19,21,22). The topological polar surface area (TPSA) is 84.1 Å². The van der Waals surface area contributed by atoms with Crippen LogP contribution in [0.3, 0.4) is 0 Å². The predicted octanol–water partition coefficient (Wildman–Crippen LogP) is 1.94. The van der Waals surface area contributed by atoms with Crippen molar-refractivity contribution >= 4 is 11.7 Å². The van der Waals surface area contributed by atoms with Gasteiger partial charge < -0.3 is 16.0 Å². The van der Waals surface area contributed by atoms with Crippen LogP contribution in [0, 0.1) is 0 Å². The molecule has 24 heavy (non-hydrogen) atoms. The van der Waals surface area contributed by atoms with E-state index in [1.54, 1.807) is 6.07 Å². The van der Waals surface area contributed by atoms with Gasteiger partial charge in [0.05, 0.1) is 5.69 Å². The van der Waals surface area contributed by atoms with E-state index in [4.69, 9.17) is 5.73 Å². The molecule has 3 rings (SSSR count). The maximum atomic E-state index is 12.3. The van der Waals surface area contributed by atoms with Crippen molar-refractivity contribution in [2.45, 2.75) is 19.3 Å². The molecule has 0 atom stereocenters. The van der Waals surface area contributed by atoms with Crippen LogP contribution >= 0.6 is 0 Å². The second-order valence-corrected chi connectivity index (χ2v) is 6.07. The van der Waals surface area contributed by atoms with Crippen molar-refractivity contribution in [2.75, 3.05) is 31.9 Å². The van der Waals surface area contributed by atoms with Gasteiger partial charge in [-0.25, -0.2) is 9.97 Å². The number of hydrogen-bond donors (Lipinski definition) is 2. The van der Waals surface area contributed by atoms with Gasteiger partial charge in [0.15, 0.2) is 0 Å². The molecule has 0 aliphatic carbocycles. The third-order valence-electron chi connectivity index (χ3n) is 4.27. The van der Waals surface area contributed by atoms with Crippen LogP contribution < -0.4 is 11.1 Å². The van der Waals surface area contributed by atoms with E-state index in [1.807, 2.05) is 24.3 Å². The van der Waals surface area contributed by atoms with Gasteiger partial charge in [-0.2, -0.15) is 0 Å². The van der Waals surface area contributed by atoms with Crippen LogP contribution in [0.4, 0.5) is 5.82 Å². The lowest BCUT2D eigenvalue weighted by Crippen LogP contribution is -2.37. The lowest BCUT2D eigenvalue weighted by atomic mass is 10.1. The number of nitrogens with one attached hydrogen (secondary N) is 1. The molecule has 0 saturated carbocycles. The van der Waals surface area contributed by atoms with Crippen LogP contribution in [0.1, 0.15) is 29.6 Å². The molecule has 0 unspecified atom stereocenters. The van der Waals surface area contributed by atoms with Gasteiger partial charge in [-0.1, -0.05) is 18.6 Å². The second kappa shape index (κ2) is 7.88. The zero-order chi connectivity index (χ0) is 16.8. The Bertz CT molecular complexity index is 697. The quantitative estimate of drug-likeness (QED) is 0.877. The number of aromatic nitrogens is 2. The highest BCUT2D eigenvalue weighted by molar-refractivity contribution is 5.95. The number of carbonyl (C=O) groups is 1. The van der Waals surface area contributed by atoms with E-state index >= 15 is 0 Å². The first-order valence-electron chi connectivity index (χ1n) is 8.41. The molecule has 0 radical (unpaired) electrons. The van der Waals surface area contributed by atoms with Crippen molar-refractivity contribution in [2.24, 2.45) is 0 Å². The first-order valence-corrected chi connectivity index (χ1v) is 8.41. The number of nitrogens with two attached hydrogens (primary N) is 1. The Morgan fingerprint density at radius 3 is 2.79 bits per heavy atom. The Balaban J connectivity index is 1.59. The Morgan fingerprint density at radius 1 is 1.17 bits per heavy atom. The number of likely N-dealkylation sites (tertiary alicyclic amines) is 1. The fraction of sp³-hybridized carbons (Fsp3) is 0.389. The van der Waals surface area contributed by atoms with Crippen LogP contribution in [0.25, 0.3) is 11.3 Å². The van der Waals surface area contributed by atoms with Crippen LogP contribution in [0.5, 0.6) is 0 Å². The van der Waals surface area contributed by atoms with Gasteiger partial charge in [-0.15, -0.1) is 0 Å². The first kappa shape index (κ1) is 16.4. The van der Waals surface area contributed by atoms with Gasteiger partial charge in [0.1, 0.15) is 12.1 Å². The fourth-order valence-electron chi connectivity index (χ4n) is 2.96. The summed E-state index contributed by atoms with van der Waals surface area (Å²) in [7, 11) is 0. The zero-order valence-electron chi connectivity index (χ0n) is 13.7. The summed E-state index contributed by atoms with van der Waals surface area (Å²) in [5.41, 5.74) is 7.89. The minimum absolute atomic E-state index is 0.0594. The Morgan fingerprint density at radius 2 is 2.00 bits per heavy atom. The van der Waals surface area contributed by atoms with Crippen molar-refractivity contribution in [3.05, 3.63) is 42.2 Å². The van der Waals surface area contributed by atoms with Crippen molar-refractivity contribution in [3.8, 4) is 11.3 Å². The lowest BCUT2D eigenvalue weighted by Gasteiger charge is -2.26. The molecule has 1 fully saturated rings. The SMILES string of the molecule is Nc1cc(-c2cccc(C(=O)NCCN3CCCCC3)c2)ncn1. The minimum Gasteiger partial charge on any atom is -0.384 e. The number of nitrogens with zero attached hydrogens (tertiary/aromatic N) is 3. The summed E-state index contributed by atoms with van der Waals surface area (Å²) >= 11 is 0. The van der Waals surface area contributed by atoms with E-state index in [0.717, 1.165) is 25.2 Å². The lowest BCUT2D eigenvalue weighted by molar-refractivity contribution is 0.0946. The average molecular weight is 325 g/mol. The highest BCUT2D eigenvalue weighted by Crippen LogP contribution is 2.19. The largest absolute Gasteiger partial charge is 0.384 e. The summed E-state index contributed by atoms with van der Waals surface area (Å²) in [6.07, 6.45) is 5.27. The molecule has 3 N–H and O–H groups in total. The van der Waals surface area contributed by atoms with Gasteiger partial charge in [0.2, 0.25) is 0 Å². The summed E-state index contributed by atoms with van der Waals surface area (Å²) in [6.45, 7) is 3.86. The molecule has 126 valence electrons. The Kier molecular flexibility index (Phi) is 5.38. The smallest absolute Gasteiger partial charge is 0.251 e. The van der Waals surface area contributed by atoms with Gasteiger partial charge in [-0.3, -0.25) is 4.79 Å². The van der Waals surface area contributed by atoms with Crippen LogP contribution in [0.2, 0.25) is 0 Å². The highest BCUT2D eigenvalue weighted by Gasteiger charge is 2.11. The van der Waals surface area contributed by atoms with E-state index in [1.165, 1.54) is 25.6 Å². The molecule has 2 aromatic rings. The van der Waals surface area contributed by atoms with Crippen molar-refractivity contribution in [1.82, 2.24) is 20.2 Å². The molecule has 1 aliphatic rings. The molecule has 1 aliphatic heterocycles. The summed E-state index contributed by atoms with van der Waals surface area (Å²) < 4.78 is 0. The number of piperidine rings is 1. The maximum absolute atomic E-state index is 12.3. The highest BCUT2D eigenvalue weighted by atomic mass is 16.1. The van der Waals surface area contributed by atoms with E-state index in [2.05, 4.69) is 20.2 Å². The Labute approximate surface area is 142 Å². The van der Waals surface area contributed by atoms with Crippen molar-refractivity contribution in [1.29, 1.82) is 0 Å². The maximum Gasteiger partial charge on any atom is 0.251 e. The number of amides is 1. The first-order chi connectivity index (χ1) is 11.7. The third-order valence-corrected chi connectivity index (χ3v) is 4.27. The van der Waals surface area contributed by atoms with Gasteiger partial charge in [-0.05, 0) is 38.1 Å². The van der Waals surface area contributed by atoms with Gasteiger partial charge in [0, 0.05) is 30.3 Å². The predicted molar refractivity (Wildman–Crippen MR) is 94.5 cm³/mol. The summed E-state index contributed by atoms with van der Waals surface area (Å²) in [5.74, 6) is 0.354. The molecule has 1 aromatic carbocycles. The van der Waals surface area contributed by atoms with E-state index in [-0.39, 0.29) is 5.91 Å². The van der Waals surface area contributed by atoms with Gasteiger partial charge >= 0.3 is 0 Å². The number of carbonyl (C=O) groups excluding carboxylic acids is 1. The molecule has 6 heteroatoms. The van der Waals surface area contributed by atoms with E-state index in [9.17, 15) is 4.79 Å². The second-order valence-electron chi connectivity index (χ2n) is 6.07. The van der Waals surface area contributed by atoms with Gasteiger partial charge in [0.25, 0.3) is 5.91 Å². The number of anilines is 1. The molecule has 2 heterocycles. The molecular formula is C18H23N5O. The average Bonchev–Trinajstić information content (AvgIpc) is 2.63. The number of benzene rings is 1. The monoisotopic (exact) mass is 325 g/mol. The molecular weight excluding hydrogens is 302 g/mol. The molecule has 0 spiro atoms. The van der Waals surface area contributed by atoms with E-state index < -0.39 is 0 Å². The van der Waals surface area contributed by atoms with Crippen LogP contribution in [-0.4, -0.2) is 47.0 Å². The number of hydrogen-bond acceptors (Lipinski definition) is 5. The minimum atomic E-state index is -0.0594. The Hall–Kier alpha value is -2.47. The zero-order valence-corrected chi connectivity index (χ0v) is 13.7. The van der Waals surface area contributed by atoms with Crippen LogP contribution in [-0.2, 0) is 0 Å². The number of rotatable bonds is 5. The normalized spacial score (nSPS) is 15.2. The van der Waals surface area contributed by atoms with Crippen LogP contribution in [0.15, 0.2) is 36.7 Å². The molecule has 1 saturated heterocycles. The fourth-order valence-corrected chi connectivity index (χ4v) is 2.96.